The molecule has 0 radical (unpaired) electrons. The van der Waals surface area contributed by atoms with Gasteiger partial charge in [-0.1, -0.05) is 361 Å². The molecule has 1 aliphatic rings. The summed E-state index contributed by atoms with van der Waals surface area (Å²) >= 11 is 0. The van der Waals surface area contributed by atoms with E-state index in [-0.39, 0.29) is 6.61 Å². The van der Waals surface area contributed by atoms with Crippen molar-refractivity contribution in [3.8, 4) is 0 Å². The van der Waals surface area contributed by atoms with Crippen molar-refractivity contribution in [3.05, 3.63) is 22.3 Å². The van der Waals surface area contributed by atoms with Gasteiger partial charge in [0.2, 0.25) is 0 Å². The molecule has 1 aliphatic carbocycles. The molecule has 0 bridgehead atoms. The van der Waals surface area contributed by atoms with Crippen molar-refractivity contribution in [1.82, 2.24) is 0 Å². The van der Waals surface area contributed by atoms with Crippen molar-refractivity contribution in [2.24, 2.45) is 17.8 Å². The quantitative estimate of drug-likeness (QED) is 0.0616. The van der Waals surface area contributed by atoms with E-state index in [1.54, 1.807) is 5.57 Å². The van der Waals surface area contributed by atoms with Gasteiger partial charge in [-0.25, -0.2) is 0 Å². The van der Waals surface area contributed by atoms with Crippen LogP contribution in [0.15, 0.2) is 22.3 Å². The average Bonchev–Trinajstić information content (AvgIpc) is 3.68. The fourth-order valence-corrected chi connectivity index (χ4v) is 12.5. The molecule has 0 saturated heterocycles. The molecule has 0 saturated carbocycles. The van der Waals surface area contributed by atoms with E-state index >= 15 is 0 Å². The van der Waals surface area contributed by atoms with Gasteiger partial charge in [0.25, 0.3) is 0 Å². The second kappa shape index (κ2) is 54.2. The van der Waals surface area contributed by atoms with Crippen LogP contribution >= 0.6 is 0 Å². The van der Waals surface area contributed by atoms with Gasteiger partial charge in [-0.05, 0) is 61.0 Å². The molecular formula is C69H134O2. The molecule has 1 rings (SSSR count). The predicted octanol–water partition coefficient (Wildman–Crippen LogP) is 24.2. The summed E-state index contributed by atoms with van der Waals surface area (Å²) in [5, 5.41) is 9.76. The van der Waals surface area contributed by atoms with Gasteiger partial charge in [0.05, 0.1) is 19.8 Å². The minimum atomic E-state index is 0.136. The van der Waals surface area contributed by atoms with E-state index in [1.807, 2.05) is 16.7 Å². The Labute approximate surface area is 449 Å². The van der Waals surface area contributed by atoms with E-state index < -0.39 is 0 Å². The van der Waals surface area contributed by atoms with Crippen molar-refractivity contribution in [1.29, 1.82) is 0 Å². The zero-order valence-corrected chi connectivity index (χ0v) is 50.2. The minimum absolute atomic E-state index is 0.136. The van der Waals surface area contributed by atoms with Gasteiger partial charge in [-0.2, -0.15) is 0 Å². The van der Waals surface area contributed by atoms with E-state index in [0.29, 0.717) is 6.61 Å². The molecule has 2 nitrogen and oxygen atoms in total. The van der Waals surface area contributed by atoms with Gasteiger partial charge in [0.1, 0.15) is 0 Å². The van der Waals surface area contributed by atoms with Gasteiger partial charge in [-0.15, -0.1) is 0 Å². The monoisotopic (exact) mass is 995 g/mol. The molecule has 3 atom stereocenters. The van der Waals surface area contributed by atoms with Crippen molar-refractivity contribution >= 4 is 0 Å². The van der Waals surface area contributed by atoms with Gasteiger partial charge in [0, 0.05) is 0 Å². The largest absolute Gasteiger partial charge is 0.394 e. The first-order valence-corrected chi connectivity index (χ1v) is 33.7. The zero-order chi connectivity index (χ0) is 51.3. The second-order valence-corrected chi connectivity index (χ2v) is 24.1. The fraction of sp³-hybridized carbons (Fsp3) is 0.942. The summed E-state index contributed by atoms with van der Waals surface area (Å²) in [6, 6.07) is 0. The molecule has 422 valence electrons. The summed E-state index contributed by atoms with van der Waals surface area (Å²) in [5.41, 5.74) is 7.44. The predicted molar refractivity (Wildman–Crippen MR) is 321 cm³/mol. The molecule has 71 heavy (non-hydrogen) atoms. The maximum atomic E-state index is 9.76. The summed E-state index contributed by atoms with van der Waals surface area (Å²) < 4.78 is 6.17. The van der Waals surface area contributed by atoms with Crippen LogP contribution in [0.4, 0.5) is 0 Å². The van der Waals surface area contributed by atoms with Crippen LogP contribution in [0.25, 0.3) is 0 Å². The van der Waals surface area contributed by atoms with Crippen LogP contribution in [0, 0.1) is 17.8 Å². The third kappa shape index (κ3) is 41.3. The van der Waals surface area contributed by atoms with Crippen LogP contribution < -0.4 is 0 Å². The van der Waals surface area contributed by atoms with E-state index in [1.165, 1.54) is 334 Å². The van der Waals surface area contributed by atoms with Gasteiger partial charge in [0.15, 0.2) is 0 Å². The molecule has 0 aromatic heterocycles. The lowest BCUT2D eigenvalue weighted by Crippen LogP contribution is -2.10. The number of hydrogen-bond donors (Lipinski definition) is 1. The molecule has 0 aliphatic heterocycles. The molecule has 0 aromatic carbocycles. The Bertz CT molecular complexity index is 1130. The normalized spacial score (nSPS) is 14.4. The van der Waals surface area contributed by atoms with E-state index in [2.05, 4.69) is 41.5 Å². The second-order valence-electron chi connectivity index (χ2n) is 24.1. The van der Waals surface area contributed by atoms with Crippen molar-refractivity contribution in [3.63, 3.8) is 0 Å². The lowest BCUT2D eigenvalue weighted by molar-refractivity contribution is 0.0941. The highest BCUT2D eigenvalue weighted by Gasteiger charge is 2.29. The van der Waals surface area contributed by atoms with Gasteiger partial charge >= 0.3 is 0 Å². The Morgan fingerprint density at radius 3 is 0.803 bits per heavy atom. The number of allylic oxidation sites excluding steroid dienone is 3. The molecule has 1 N–H and O–H groups in total. The first-order valence-electron chi connectivity index (χ1n) is 33.7. The maximum absolute atomic E-state index is 9.76. The molecule has 2 heteroatoms. The molecule has 0 amide bonds. The summed E-state index contributed by atoms with van der Waals surface area (Å²) in [6.07, 6.45) is 74.8. The summed E-state index contributed by atoms with van der Waals surface area (Å²) in [6.45, 7) is 15.5. The van der Waals surface area contributed by atoms with E-state index in [0.717, 1.165) is 30.8 Å². The maximum Gasteiger partial charge on any atom is 0.0697 e. The number of ether oxygens (including phenoxy) is 1. The lowest BCUT2D eigenvalue weighted by atomic mass is 9.80. The highest BCUT2D eigenvalue weighted by molar-refractivity contribution is 5.48. The van der Waals surface area contributed by atoms with Gasteiger partial charge < -0.3 is 9.84 Å². The van der Waals surface area contributed by atoms with Crippen molar-refractivity contribution < 1.29 is 9.84 Å². The van der Waals surface area contributed by atoms with E-state index in [4.69, 9.17) is 4.74 Å². The molecule has 0 fully saturated rings. The van der Waals surface area contributed by atoms with Crippen LogP contribution in [0.1, 0.15) is 382 Å². The van der Waals surface area contributed by atoms with Crippen LogP contribution in [0.5, 0.6) is 0 Å². The fourth-order valence-electron chi connectivity index (χ4n) is 12.5. The van der Waals surface area contributed by atoms with Gasteiger partial charge in [-0.3, -0.25) is 0 Å². The topological polar surface area (TPSA) is 29.5 Å². The molecular weight excluding hydrogens is 861 g/mol. The number of unbranched alkanes of at least 4 members (excludes halogenated alkanes) is 36. The highest BCUT2D eigenvalue weighted by atomic mass is 16.5. The van der Waals surface area contributed by atoms with Crippen LogP contribution in [0.2, 0.25) is 0 Å². The zero-order valence-electron chi connectivity index (χ0n) is 50.2. The number of rotatable bonds is 59. The number of aliphatic hydroxyl groups is 1. The third-order valence-electron chi connectivity index (χ3n) is 17.2. The minimum Gasteiger partial charge on any atom is -0.394 e. The Morgan fingerprint density at radius 1 is 0.296 bits per heavy atom. The third-order valence-corrected chi connectivity index (χ3v) is 17.2. The summed E-state index contributed by atoms with van der Waals surface area (Å²) in [4.78, 5) is 0. The summed E-state index contributed by atoms with van der Waals surface area (Å²) in [7, 11) is 0. The molecule has 0 heterocycles. The average molecular weight is 996 g/mol. The Kier molecular flexibility index (Phi) is 52.2. The van der Waals surface area contributed by atoms with Crippen molar-refractivity contribution in [2.45, 2.75) is 382 Å². The Hall–Kier alpha value is -0.600. The van der Waals surface area contributed by atoms with Crippen LogP contribution in [-0.4, -0.2) is 24.9 Å². The van der Waals surface area contributed by atoms with E-state index in [9.17, 15) is 5.11 Å². The molecule has 0 spiro atoms. The Morgan fingerprint density at radius 2 is 0.535 bits per heavy atom. The van der Waals surface area contributed by atoms with Crippen molar-refractivity contribution in [2.75, 3.05) is 19.8 Å². The standard InChI is InChI=1S/C69H134O2/c1-7-13-19-25-31-34-40-44-50-63(49-43-37-28-22-16-10-4)59-67-62-66(55-57-71-58-56-70)68(60-64(51-45-38-29-23-17-11-5)52-47-41-35-32-26-20-14-8-2)69(67)61-65(53-46-39-30-24-18-12-6)54-48-42-36-33-27-21-15-9-3/h63-65,70H,7-62H2,1-6H3. The Balaban J connectivity index is 3.66. The number of hydrogen-bond acceptors (Lipinski definition) is 2. The first-order chi connectivity index (χ1) is 35.1. The molecule has 0 aromatic rings. The lowest BCUT2D eigenvalue weighted by Gasteiger charge is -2.25. The smallest absolute Gasteiger partial charge is 0.0697 e. The van der Waals surface area contributed by atoms with Crippen LogP contribution in [0.3, 0.4) is 0 Å². The first kappa shape index (κ1) is 68.4. The highest BCUT2D eigenvalue weighted by Crippen LogP contribution is 2.46. The SMILES string of the molecule is CCCCCCCCCCC(CCCCCCCC)CC1=C(CC(CCCCCCCC)CCCCCCCCCC)C(CC(CCCCCCCC)CCCCCCCCCC)=C(CCOCCO)C1. The van der Waals surface area contributed by atoms with Crippen LogP contribution in [-0.2, 0) is 4.74 Å². The molecule has 3 unspecified atom stereocenters. The number of aliphatic hydroxyl groups excluding tert-OH is 1. The summed E-state index contributed by atoms with van der Waals surface area (Å²) in [5.74, 6) is 2.50.